The lowest BCUT2D eigenvalue weighted by atomic mass is 10.1. The van der Waals surface area contributed by atoms with Crippen molar-refractivity contribution < 1.29 is 0 Å². The first-order valence-corrected chi connectivity index (χ1v) is 8.80. The second kappa shape index (κ2) is 6.71. The summed E-state index contributed by atoms with van der Waals surface area (Å²) in [6, 6.07) is 2.65. The molecule has 0 saturated heterocycles. The molecule has 0 aliphatic heterocycles. The van der Waals surface area contributed by atoms with E-state index in [0.29, 0.717) is 0 Å². The van der Waals surface area contributed by atoms with Gasteiger partial charge in [0.1, 0.15) is 0 Å². The molecule has 2 aromatic heterocycles. The summed E-state index contributed by atoms with van der Waals surface area (Å²) in [6.07, 6.45) is 9.57. The van der Waals surface area contributed by atoms with Crippen LogP contribution in [0.3, 0.4) is 0 Å². The zero-order chi connectivity index (χ0) is 14.7. The molecule has 1 atom stereocenters. The van der Waals surface area contributed by atoms with E-state index in [9.17, 15) is 0 Å². The van der Waals surface area contributed by atoms with Gasteiger partial charge in [0.15, 0.2) is 0 Å². The van der Waals surface area contributed by atoms with Gasteiger partial charge >= 0.3 is 0 Å². The van der Waals surface area contributed by atoms with Crippen molar-refractivity contribution in [2.75, 3.05) is 6.54 Å². The summed E-state index contributed by atoms with van der Waals surface area (Å²) in [5.41, 5.74) is 2.73. The van der Waals surface area contributed by atoms with E-state index in [-0.39, 0.29) is 6.04 Å². The molecule has 0 amide bonds. The Morgan fingerprint density at radius 3 is 2.95 bits per heavy atom. The number of rotatable bonds is 5. The first-order chi connectivity index (χ1) is 10.3. The van der Waals surface area contributed by atoms with Crippen LogP contribution in [0, 0.1) is 0 Å². The summed E-state index contributed by atoms with van der Waals surface area (Å²) in [6.45, 7) is 3.22. The van der Waals surface area contributed by atoms with E-state index in [2.05, 4.69) is 28.6 Å². The van der Waals surface area contributed by atoms with Crippen molar-refractivity contribution in [2.24, 2.45) is 7.05 Å². The minimum Gasteiger partial charge on any atom is -0.304 e. The second-order valence-corrected chi connectivity index (χ2v) is 7.00. The van der Waals surface area contributed by atoms with Gasteiger partial charge in [-0.25, -0.2) is 0 Å². The van der Waals surface area contributed by atoms with Crippen LogP contribution in [0.25, 0.3) is 0 Å². The molecular weight excluding hydrogens is 280 g/mol. The summed E-state index contributed by atoms with van der Waals surface area (Å²) < 4.78 is 1.89. The number of nitrogens with zero attached hydrogens (tertiary/aromatic N) is 3. The van der Waals surface area contributed by atoms with E-state index in [1.165, 1.54) is 37.0 Å². The molecule has 0 aromatic carbocycles. The highest BCUT2D eigenvalue weighted by Crippen LogP contribution is 2.34. The standard InChI is InChI=1S/C16H24N4S/c1-3-9-17-16(13-11-18-19-20(13)2)15-10-12-7-5-4-6-8-14(12)21-15/h10-11,16-17H,3-9H2,1-2H3. The van der Waals surface area contributed by atoms with Gasteiger partial charge < -0.3 is 5.32 Å². The average Bonchev–Trinajstić information content (AvgIpc) is 3.01. The fourth-order valence-electron chi connectivity index (χ4n) is 3.03. The maximum atomic E-state index is 4.10. The predicted octanol–water partition coefficient (Wildman–Crippen LogP) is 3.23. The molecule has 4 nitrogen and oxygen atoms in total. The van der Waals surface area contributed by atoms with Crippen molar-refractivity contribution in [3.63, 3.8) is 0 Å². The molecule has 1 unspecified atom stereocenters. The van der Waals surface area contributed by atoms with Crippen molar-refractivity contribution in [3.05, 3.63) is 33.3 Å². The minimum absolute atomic E-state index is 0.224. The number of thiophene rings is 1. The number of aryl methyl sites for hydroxylation is 3. The quantitative estimate of drug-likeness (QED) is 0.862. The number of hydrogen-bond acceptors (Lipinski definition) is 4. The van der Waals surface area contributed by atoms with E-state index in [0.717, 1.165) is 18.7 Å². The molecule has 114 valence electrons. The third kappa shape index (κ3) is 3.19. The molecule has 5 heteroatoms. The zero-order valence-corrected chi connectivity index (χ0v) is 13.7. The number of aromatic nitrogens is 3. The highest BCUT2D eigenvalue weighted by atomic mass is 32.1. The third-order valence-electron chi connectivity index (χ3n) is 4.19. The van der Waals surface area contributed by atoms with E-state index in [1.807, 2.05) is 29.3 Å². The fourth-order valence-corrected chi connectivity index (χ4v) is 4.38. The molecule has 0 spiro atoms. The van der Waals surface area contributed by atoms with Crippen LogP contribution in [0.5, 0.6) is 0 Å². The molecule has 0 bridgehead atoms. The van der Waals surface area contributed by atoms with Crippen LogP contribution in [0.1, 0.15) is 59.7 Å². The molecule has 1 aliphatic carbocycles. The van der Waals surface area contributed by atoms with Gasteiger partial charge in [-0.1, -0.05) is 18.6 Å². The molecule has 2 aromatic rings. The van der Waals surface area contributed by atoms with Gasteiger partial charge in [-0.05, 0) is 50.3 Å². The summed E-state index contributed by atoms with van der Waals surface area (Å²) in [4.78, 5) is 3.02. The molecule has 0 radical (unpaired) electrons. The Hall–Kier alpha value is -1.20. The van der Waals surface area contributed by atoms with Crippen LogP contribution >= 0.6 is 11.3 Å². The lowest BCUT2D eigenvalue weighted by Crippen LogP contribution is -2.24. The minimum atomic E-state index is 0.224. The Morgan fingerprint density at radius 2 is 2.19 bits per heavy atom. The van der Waals surface area contributed by atoms with E-state index in [4.69, 9.17) is 0 Å². The Morgan fingerprint density at radius 1 is 1.33 bits per heavy atom. The van der Waals surface area contributed by atoms with Crippen LogP contribution < -0.4 is 5.32 Å². The maximum absolute atomic E-state index is 4.10. The van der Waals surface area contributed by atoms with Crippen LogP contribution in [-0.4, -0.2) is 21.5 Å². The average molecular weight is 304 g/mol. The molecule has 0 saturated carbocycles. The Bertz CT molecular complexity index is 563. The van der Waals surface area contributed by atoms with Crippen molar-refractivity contribution in [3.8, 4) is 0 Å². The normalized spacial score (nSPS) is 16.5. The van der Waals surface area contributed by atoms with E-state index in [1.54, 1.807) is 10.4 Å². The predicted molar refractivity (Wildman–Crippen MR) is 86.7 cm³/mol. The Balaban J connectivity index is 1.91. The summed E-state index contributed by atoms with van der Waals surface area (Å²) >= 11 is 1.98. The zero-order valence-electron chi connectivity index (χ0n) is 12.9. The smallest absolute Gasteiger partial charge is 0.0858 e. The maximum Gasteiger partial charge on any atom is 0.0858 e. The molecule has 2 heterocycles. The number of nitrogens with one attached hydrogen (secondary N) is 1. The first kappa shape index (κ1) is 14.7. The van der Waals surface area contributed by atoms with Crippen LogP contribution in [0.4, 0.5) is 0 Å². The van der Waals surface area contributed by atoms with Crippen molar-refractivity contribution in [1.82, 2.24) is 20.3 Å². The van der Waals surface area contributed by atoms with Crippen molar-refractivity contribution in [1.29, 1.82) is 0 Å². The monoisotopic (exact) mass is 304 g/mol. The summed E-state index contributed by atoms with van der Waals surface area (Å²) in [7, 11) is 1.97. The lowest BCUT2D eigenvalue weighted by Gasteiger charge is -2.16. The highest BCUT2D eigenvalue weighted by molar-refractivity contribution is 7.12. The van der Waals surface area contributed by atoms with Gasteiger partial charge in [-0.2, -0.15) is 0 Å². The van der Waals surface area contributed by atoms with Gasteiger partial charge in [0.25, 0.3) is 0 Å². The van der Waals surface area contributed by atoms with Gasteiger partial charge in [-0.15, -0.1) is 16.4 Å². The SMILES string of the molecule is CCCNC(c1cc2c(s1)CCCCC2)c1cnnn1C. The molecule has 1 N–H and O–H groups in total. The topological polar surface area (TPSA) is 42.7 Å². The van der Waals surface area contributed by atoms with E-state index < -0.39 is 0 Å². The molecule has 0 fully saturated rings. The molecule has 3 rings (SSSR count). The van der Waals surface area contributed by atoms with Gasteiger partial charge in [0.05, 0.1) is 17.9 Å². The molecular formula is C16H24N4S. The first-order valence-electron chi connectivity index (χ1n) is 7.99. The number of hydrogen-bond donors (Lipinski definition) is 1. The van der Waals surface area contributed by atoms with Crippen LogP contribution in [-0.2, 0) is 19.9 Å². The Labute approximate surface area is 130 Å². The Kier molecular flexibility index (Phi) is 4.70. The fraction of sp³-hybridized carbons (Fsp3) is 0.625. The second-order valence-electron chi connectivity index (χ2n) is 5.83. The molecule has 21 heavy (non-hydrogen) atoms. The third-order valence-corrected chi connectivity index (χ3v) is 5.50. The summed E-state index contributed by atoms with van der Waals surface area (Å²) in [5.74, 6) is 0. The van der Waals surface area contributed by atoms with E-state index >= 15 is 0 Å². The summed E-state index contributed by atoms with van der Waals surface area (Å²) in [5, 5.41) is 11.8. The van der Waals surface area contributed by atoms with Crippen LogP contribution in [0.2, 0.25) is 0 Å². The van der Waals surface area contributed by atoms with Gasteiger partial charge in [0, 0.05) is 16.8 Å². The largest absolute Gasteiger partial charge is 0.304 e. The van der Waals surface area contributed by atoms with Gasteiger partial charge in [0.2, 0.25) is 0 Å². The number of fused-ring (bicyclic) bond motifs is 1. The lowest BCUT2D eigenvalue weighted by molar-refractivity contribution is 0.556. The van der Waals surface area contributed by atoms with Crippen molar-refractivity contribution in [2.45, 2.75) is 51.5 Å². The van der Waals surface area contributed by atoms with Crippen LogP contribution in [0.15, 0.2) is 12.3 Å². The highest BCUT2D eigenvalue weighted by Gasteiger charge is 2.22. The van der Waals surface area contributed by atoms with Gasteiger partial charge in [-0.3, -0.25) is 4.68 Å². The van der Waals surface area contributed by atoms with Crippen molar-refractivity contribution >= 4 is 11.3 Å². The molecule has 1 aliphatic rings.